The Kier molecular flexibility index (Phi) is 6.12. The zero-order valence-corrected chi connectivity index (χ0v) is 15.2. The molecule has 1 fully saturated rings. The summed E-state index contributed by atoms with van der Waals surface area (Å²) in [5.41, 5.74) is 8.75. The summed E-state index contributed by atoms with van der Waals surface area (Å²) in [6, 6.07) is 7.81. The number of benzene rings is 1. The Balaban J connectivity index is 2.10. The highest BCUT2D eigenvalue weighted by atomic mass is 79.9. The van der Waals surface area contributed by atoms with Crippen LogP contribution in [-0.4, -0.2) is 18.6 Å². The first-order valence-electron chi connectivity index (χ1n) is 8.31. The Bertz CT molecular complexity index is 455. The third-order valence-corrected chi connectivity index (χ3v) is 4.91. The smallest absolute Gasteiger partial charge is 0.0513 e. The van der Waals surface area contributed by atoms with E-state index < -0.39 is 0 Å². The highest BCUT2D eigenvalue weighted by Crippen LogP contribution is 2.36. The fraction of sp³-hybridized carbons (Fsp3) is 0.667. The number of rotatable bonds is 8. The van der Waals surface area contributed by atoms with Gasteiger partial charge in [-0.2, -0.15) is 0 Å². The molecule has 0 spiro atoms. The van der Waals surface area contributed by atoms with Gasteiger partial charge >= 0.3 is 0 Å². The lowest BCUT2D eigenvalue weighted by Crippen LogP contribution is -2.28. The van der Waals surface area contributed by atoms with Crippen LogP contribution in [0.3, 0.4) is 0 Å². The molecular formula is C18H29BrN2. The third kappa shape index (κ3) is 5.00. The fourth-order valence-corrected chi connectivity index (χ4v) is 3.29. The second-order valence-electron chi connectivity index (χ2n) is 6.77. The first-order chi connectivity index (χ1) is 10.0. The Morgan fingerprint density at radius 1 is 1.33 bits per heavy atom. The summed E-state index contributed by atoms with van der Waals surface area (Å²) in [7, 11) is 0. The molecule has 0 bridgehead atoms. The van der Waals surface area contributed by atoms with Crippen LogP contribution in [0.2, 0.25) is 0 Å². The van der Waals surface area contributed by atoms with Crippen LogP contribution in [0.15, 0.2) is 22.7 Å². The molecule has 3 heteroatoms. The van der Waals surface area contributed by atoms with E-state index in [1.54, 1.807) is 0 Å². The molecule has 2 N–H and O–H groups in total. The number of hydrogen-bond donors (Lipinski definition) is 1. The van der Waals surface area contributed by atoms with E-state index in [4.69, 9.17) is 5.73 Å². The van der Waals surface area contributed by atoms with Gasteiger partial charge in [-0.3, -0.25) is 0 Å². The predicted octanol–water partition coefficient (Wildman–Crippen LogP) is 4.74. The Morgan fingerprint density at radius 3 is 2.57 bits per heavy atom. The molecule has 1 aromatic rings. The second kappa shape index (κ2) is 7.64. The van der Waals surface area contributed by atoms with Crippen molar-refractivity contribution in [3.63, 3.8) is 0 Å². The van der Waals surface area contributed by atoms with Crippen LogP contribution < -0.4 is 10.6 Å². The fourth-order valence-electron chi connectivity index (χ4n) is 2.64. The van der Waals surface area contributed by atoms with Gasteiger partial charge in [-0.15, -0.1) is 0 Å². The van der Waals surface area contributed by atoms with Gasteiger partial charge in [0, 0.05) is 23.1 Å². The molecule has 1 atom stereocenters. The minimum absolute atomic E-state index is 0.267. The molecule has 2 rings (SSSR count). The summed E-state index contributed by atoms with van der Waals surface area (Å²) >= 11 is 3.78. The van der Waals surface area contributed by atoms with E-state index in [0.717, 1.165) is 31.3 Å². The molecule has 118 valence electrons. The maximum absolute atomic E-state index is 6.07. The van der Waals surface area contributed by atoms with Gasteiger partial charge in [-0.25, -0.2) is 0 Å². The highest BCUT2D eigenvalue weighted by molar-refractivity contribution is 9.10. The Morgan fingerprint density at radius 2 is 2.05 bits per heavy atom. The largest absolute Gasteiger partial charge is 0.368 e. The van der Waals surface area contributed by atoms with E-state index in [2.05, 4.69) is 59.8 Å². The zero-order chi connectivity index (χ0) is 15.4. The average Bonchev–Trinajstić information content (AvgIpc) is 3.25. The van der Waals surface area contributed by atoms with Crippen LogP contribution in [0.1, 0.15) is 52.0 Å². The number of nitrogens with zero attached hydrogens (tertiary/aromatic N) is 1. The van der Waals surface area contributed by atoms with Crippen LogP contribution >= 0.6 is 15.9 Å². The SMILES string of the molecule is CCC(N)Cc1ccc(N(CCC(C)C)C2CC2)c(Br)c1. The lowest BCUT2D eigenvalue weighted by Gasteiger charge is -2.27. The van der Waals surface area contributed by atoms with E-state index in [9.17, 15) is 0 Å². The van der Waals surface area contributed by atoms with Gasteiger partial charge in [-0.05, 0) is 71.6 Å². The molecule has 0 radical (unpaired) electrons. The topological polar surface area (TPSA) is 29.3 Å². The number of nitrogens with two attached hydrogens (primary N) is 1. The van der Waals surface area contributed by atoms with Gasteiger partial charge in [0.15, 0.2) is 0 Å². The van der Waals surface area contributed by atoms with E-state index in [1.807, 2.05) is 0 Å². The minimum atomic E-state index is 0.267. The molecule has 1 aromatic carbocycles. The Labute approximate surface area is 138 Å². The van der Waals surface area contributed by atoms with Crippen molar-refractivity contribution in [2.45, 2.75) is 65.0 Å². The monoisotopic (exact) mass is 352 g/mol. The average molecular weight is 353 g/mol. The molecule has 0 amide bonds. The standard InChI is InChI=1S/C18H29BrN2/c1-4-15(20)11-14-5-8-18(17(19)12-14)21(16-6-7-16)10-9-13(2)3/h5,8,12-13,15-16H,4,6-7,9-11,20H2,1-3H3. The number of halogens is 1. The van der Waals surface area contributed by atoms with Gasteiger partial charge in [0.25, 0.3) is 0 Å². The predicted molar refractivity (Wildman–Crippen MR) is 95.9 cm³/mol. The van der Waals surface area contributed by atoms with Crippen molar-refractivity contribution in [1.82, 2.24) is 0 Å². The van der Waals surface area contributed by atoms with Gasteiger partial charge in [0.05, 0.1) is 5.69 Å². The first kappa shape index (κ1) is 16.8. The third-order valence-electron chi connectivity index (χ3n) is 4.28. The molecule has 0 saturated heterocycles. The van der Waals surface area contributed by atoms with Crippen molar-refractivity contribution in [2.75, 3.05) is 11.4 Å². The van der Waals surface area contributed by atoms with Crippen molar-refractivity contribution >= 4 is 21.6 Å². The second-order valence-corrected chi connectivity index (χ2v) is 7.62. The molecule has 1 aliphatic carbocycles. The summed E-state index contributed by atoms with van der Waals surface area (Å²) in [4.78, 5) is 2.59. The van der Waals surface area contributed by atoms with E-state index in [1.165, 1.54) is 35.0 Å². The zero-order valence-electron chi connectivity index (χ0n) is 13.6. The maximum Gasteiger partial charge on any atom is 0.0513 e. The summed E-state index contributed by atoms with van der Waals surface area (Å²) in [6.45, 7) is 7.91. The molecule has 0 aliphatic heterocycles. The van der Waals surface area contributed by atoms with E-state index in [0.29, 0.717) is 0 Å². The van der Waals surface area contributed by atoms with Gasteiger partial charge < -0.3 is 10.6 Å². The summed E-state index contributed by atoms with van der Waals surface area (Å²) < 4.78 is 1.22. The molecule has 1 aliphatic rings. The van der Waals surface area contributed by atoms with Gasteiger partial charge in [0.1, 0.15) is 0 Å². The van der Waals surface area contributed by atoms with Crippen molar-refractivity contribution < 1.29 is 0 Å². The summed E-state index contributed by atoms with van der Waals surface area (Å²) in [5.74, 6) is 0.756. The van der Waals surface area contributed by atoms with Crippen molar-refractivity contribution in [1.29, 1.82) is 0 Å². The summed E-state index contributed by atoms with van der Waals surface area (Å²) in [5, 5.41) is 0. The van der Waals surface area contributed by atoms with Crippen LogP contribution in [0.25, 0.3) is 0 Å². The number of hydrogen-bond acceptors (Lipinski definition) is 2. The highest BCUT2D eigenvalue weighted by Gasteiger charge is 2.30. The molecular weight excluding hydrogens is 324 g/mol. The normalized spacial score (nSPS) is 16.3. The minimum Gasteiger partial charge on any atom is -0.368 e. The lowest BCUT2D eigenvalue weighted by molar-refractivity contribution is 0.570. The van der Waals surface area contributed by atoms with E-state index in [-0.39, 0.29) is 6.04 Å². The van der Waals surface area contributed by atoms with Crippen LogP contribution in [0.4, 0.5) is 5.69 Å². The molecule has 21 heavy (non-hydrogen) atoms. The maximum atomic E-state index is 6.07. The number of anilines is 1. The van der Waals surface area contributed by atoms with Gasteiger partial charge in [0.2, 0.25) is 0 Å². The van der Waals surface area contributed by atoms with Crippen molar-refractivity contribution in [3.8, 4) is 0 Å². The van der Waals surface area contributed by atoms with Crippen molar-refractivity contribution in [3.05, 3.63) is 28.2 Å². The van der Waals surface area contributed by atoms with Crippen molar-refractivity contribution in [2.24, 2.45) is 11.7 Å². The molecule has 1 saturated carbocycles. The van der Waals surface area contributed by atoms with Gasteiger partial charge in [-0.1, -0.05) is 26.8 Å². The van der Waals surface area contributed by atoms with Crippen LogP contribution in [0, 0.1) is 5.92 Å². The summed E-state index contributed by atoms with van der Waals surface area (Å²) in [6.07, 6.45) is 5.93. The molecule has 0 heterocycles. The van der Waals surface area contributed by atoms with Crippen LogP contribution in [-0.2, 0) is 6.42 Å². The molecule has 2 nitrogen and oxygen atoms in total. The lowest BCUT2D eigenvalue weighted by atomic mass is 10.0. The quantitative estimate of drug-likeness (QED) is 0.731. The molecule has 1 unspecified atom stereocenters. The molecule has 0 aromatic heterocycles. The van der Waals surface area contributed by atoms with Crippen LogP contribution in [0.5, 0.6) is 0 Å². The first-order valence-corrected chi connectivity index (χ1v) is 9.11. The Hall–Kier alpha value is -0.540. The van der Waals surface area contributed by atoms with E-state index >= 15 is 0 Å².